The van der Waals surface area contributed by atoms with E-state index in [2.05, 4.69) is 41.4 Å². The van der Waals surface area contributed by atoms with E-state index in [1.165, 1.54) is 11.1 Å². The molecule has 1 aliphatic heterocycles. The third-order valence-corrected chi connectivity index (χ3v) is 5.29. The number of rotatable bonds is 5. The third kappa shape index (κ3) is 4.68. The van der Waals surface area contributed by atoms with E-state index in [4.69, 9.17) is 0 Å². The Morgan fingerprint density at radius 3 is 2.23 bits per heavy atom. The predicted molar refractivity (Wildman–Crippen MR) is 102 cm³/mol. The normalized spacial score (nSPS) is 16.5. The molecular weight excluding hydrogens is 335 g/mol. The fraction of sp³-hybridized carbons (Fsp3) is 0.381. The molecule has 2 aromatic carbocycles. The first-order valence-electron chi connectivity index (χ1n) is 8.84. The van der Waals surface area contributed by atoms with Crippen molar-refractivity contribution >= 4 is 11.7 Å². The first kappa shape index (κ1) is 21.0. The topological polar surface area (TPSA) is 52.6 Å². The molecule has 5 heteroatoms. The molecule has 1 saturated heterocycles. The quantitative estimate of drug-likeness (QED) is 0.778. The van der Waals surface area contributed by atoms with Crippen LogP contribution in [0.15, 0.2) is 48.5 Å². The van der Waals surface area contributed by atoms with Gasteiger partial charge in [0.05, 0.1) is 0 Å². The summed E-state index contributed by atoms with van der Waals surface area (Å²) in [6.07, 6.45) is 1.20. The van der Waals surface area contributed by atoms with Crippen LogP contribution in [0.5, 0.6) is 0 Å². The van der Waals surface area contributed by atoms with Crippen LogP contribution in [0.4, 0.5) is 5.69 Å². The van der Waals surface area contributed by atoms with Crippen molar-refractivity contribution in [3.8, 4) is 0 Å². The van der Waals surface area contributed by atoms with Crippen LogP contribution in [0, 0.1) is 13.8 Å². The molecule has 0 atom stereocenters. The number of para-hydroxylation sites is 1. The number of nitrogens with zero attached hydrogens (tertiary/aromatic N) is 1. The molecule has 0 aliphatic carbocycles. The Hall–Kier alpha value is -1.33. The number of aliphatic carboxylic acids is 1. The van der Waals surface area contributed by atoms with Gasteiger partial charge in [-0.1, -0.05) is 42.5 Å². The third-order valence-electron chi connectivity index (χ3n) is 5.29. The second kappa shape index (κ2) is 9.05. The monoisotopic (exact) mass is 362 g/mol. The summed E-state index contributed by atoms with van der Waals surface area (Å²) in [7, 11) is 0. The molecule has 1 aliphatic rings. The molecule has 26 heavy (non-hydrogen) atoms. The van der Waals surface area contributed by atoms with E-state index in [0.717, 1.165) is 30.9 Å². The number of piperidine rings is 1. The molecule has 1 heterocycles. The van der Waals surface area contributed by atoms with Gasteiger partial charge in [-0.2, -0.15) is 0 Å². The molecule has 2 aromatic rings. The largest absolute Gasteiger partial charge is 1.00 e. The van der Waals surface area contributed by atoms with Crippen molar-refractivity contribution in [2.24, 2.45) is 0 Å². The van der Waals surface area contributed by atoms with Crippen LogP contribution in [0.1, 0.15) is 31.0 Å². The SMILES string of the molecule is Cc1ccccc1CN1CCC(Nc2ccccc2C)(C(=O)O)CC1.[H-].[Na+]. The maximum absolute atomic E-state index is 12.0. The van der Waals surface area contributed by atoms with E-state index in [1.807, 2.05) is 31.2 Å². The average molecular weight is 362 g/mol. The maximum Gasteiger partial charge on any atom is 1.00 e. The van der Waals surface area contributed by atoms with Crippen LogP contribution < -0.4 is 34.9 Å². The number of likely N-dealkylation sites (tertiary alicyclic amines) is 1. The first-order chi connectivity index (χ1) is 12.0. The number of nitrogens with one attached hydrogen (secondary N) is 1. The van der Waals surface area contributed by atoms with Crippen molar-refractivity contribution in [1.29, 1.82) is 0 Å². The maximum atomic E-state index is 12.0. The minimum absolute atomic E-state index is 0. The van der Waals surface area contributed by atoms with E-state index in [-0.39, 0.29) is 31.0 Å². The number of hydrogen-bond acceptors (Lipinski definition) is 3. The van der Waals surface area contributed by atoms with E-state index in [9.17, 15) is 9.90 Å². The molecule has 0 amide bonds. The van der Waals surface area contributed by atoms with E-state index >= 15 is 0 Å². The molecule has 4 nitrogen and oxygen atoms in total. The Bertz CT molecular complexity index is 761. The van der Waals surface area contributed by atoms with Gasteiger partial charge < -0.3 is 11.8 Å². The van der Waals surface area contributed by atoms with Crippen LogP contribution in [-0.2, 0) is 11.3 Å². The molecule has 0 radical (unpaired) electrons. The van der Waals surface area contributed by atoms with Crippen molar-refractivity contribution in [3.05, 3.63) is 65.2 Å². The summed E-state index contributed by atoms with van der Waals surface area (Å²) in [5.74, 6) is -0.758. The average Bonchev–Trinajstić information content (AvgIpc) is 2.60. The Morgan fingerprint density at radius 1 is 1.08 bits per heavy atom. The molecule has 134 valence electrons. The van der Waals surface area contributed by atoms with Gasteiger partial charge in [0, 0.05) is 25.3 Å². The van der Waals surface area contributed by atoms with Gasteiger partial charge in [-0.15, -0.1) is 0 Å². The van der Waals surface area contributed by atoms with Gasteiger partial charge >= 0.3 is 35.5 Å². The fourth-order valence-electron chi connectivity index (χ4n) is 3.48. The molecule has 3 rings (SSSR count). The summed E-state index contributed by atoms with van der Waals surface area (Å²) in [6.45, 7) is 6.57. The van der Waals surface area contributed by atoms with Crippen LogP contribution in [0.3, 0.4) is 0 Å². The van der Waals surface area contributed by atoms with Crippen molar-refractivity contribution in [2.45, 2.75) is 38.8 Å². The zero-order chi connectivity index (χ0) is 17.9. The standard InChI is InChI=1S/C21H26N2O2.Na.H/c1-16-7-3-5-9-18(16)15-23-13-11-21(12-14-23,20(24)25)22-19-10-6-4-8-17(19)2;;/h3-10,22H,11-15H2,1-2H3,(H,24,25);;/q;+1;-1. The van der Waals surface area contributed by atoms with Crippen molar-refractivity contribution < 1.29 is 40.9 Å². The van der Waals surface area contributed by atoms with Crippen molar-refractivity contribution in [3.63, 3.8) is 0 Å². The molecule has 0 aromatic heterocycles. The summed E-state index contributed by atoms with van der Waals surface area (Å²) < 4.78 is 0. The molecular formula is C21H27N2NaO2. The summed E-state index contributed by atoms with van der Waals surface area (Å²) in [6, 6.07) is 16.3. The number of anilines is 1. The molecule has 0 unspecified atom stereocenters. The Labute approximate surface area is 179 Å². The number of carbonyl (C=O) groups is 1. The summed E-state index contributed by atoms with van der Waals surface area (Å²) in [4.78, 5) is 14.4. The van der Waals surface area contributed by atoms with Gasteiger partial charge in [0.2, 0.25) is 0 Å². The number of hydrogen-bond donors (Lipinski definition) is 2. The van der Waals surface area contributed by atoms with E-state index in [1.54, 1.807) is 0 Å². The zero-order valence-electron chi connectivity index (χ0n) is 17.0. The molecule has 0 spiro atoms. The molecule has 1 fully saturated rings. The predicted octanol–water partition coefficient (Wildman–Crippen LogP) is 0.951. The van der Waals surface area contributed by atoms with Gasteiger partial charge in [-0.25, -0.2) is 4.79 Å². The summed E-state index contributed by atoms with van der Waals surface area (Å²) >= 11 is 0. The molecule has 2 N–H and O–H groups in total. The van der Waals surface area contributed by atoms with Gasteiger partial charge in [0.1, 0.15) is 5.54 Å². The summed E-state index contributed by atoms with van der Waals surface area (Å²) in [5.41, 5.74) is 3.71. The van der Waals surface area contributed by atoms with Gasteiger partial charge in [-0.05, 0) is 49.4 Å². The van der Waals surface area contributed by atoms with Crippen LogP contribution in [-0.4, -0.2) is 34.6 Å². The Morgan fingerprint density at radius 2 is 1.65 bits per heavy atom. The summed E-state index contributed by atoms with van der Waals surface area (Å²) in [5, 5.41) is 13.2. The minimum atomic E-state index is -0.881. The molecule has 0 bridgehead atoms. The number of carboxylic acids is 1. The number of carboxylic acid groups (broad SMARTS) is 1. The van der Waals surface area contributed by atoms with Crippen LogP contribution in [0.2, 0.25) is 0 Å². The Balaban J connectivity index is 0.00000182. The second-order valence-electron chi connectivity index (χ2n) is 7.03. The molecule has 0 saturated carbocycles. The van der Waals surface area contributed by atoms with Crippen LogP contribution in [0.25, 0.3) is 0 Å². The van der Waals surface area contributed by atoms with E-state index in [0.29, 0.717) is 12.8 Å². The minimum Gasteiger partial charge on any atom is -1.00 e. The van der Waals surface area contributed by atoms with E-state index < -0.39 is 11.5 Å². The second-order valence-corrected chi connectivity index (χ2v) is 7.03. The smallest absolute Gasteiger partial charge is 1.00 e. The van der Waals surface area contributed by atoms with Gasteiger partial charge in [0.25, 0.3) is 0 Å². The fourth-order valence-corrected chi connectivity index (χ4v) is 3.48. The number of aryl methyl sites for hydroxylation is 2. The van der Waals surface area contributed by atoms with Crippen LogP contribution >= 0.6 is 0 Å². The van der Waals surface area contributed by atoms with Crippen molar-refractivity contribution in [2.75, 3.05) is 18.4 Å². The van der Waals surface area contributed by atoms with Crippen molar-refractivity contribution in [1.82, 2.24) is 4.90 Å². The first-order valence-corrected chi connectivity index (χ1v) is 8.84. The number of benzene rings is 2. The zero-order valence-corrected chi connectivity index (χ0v) is 18.0. The van der Waals surface area contributed by atoms with Gasteiger partial charge in [-0.3, -0.25) is 4.90 Å². The van der Waals surface area contributed by atoms with Gasteiger partial charge in [0.15, 0.2) is 0 Å². The Kier molecular flexibility index (Phi) is 7.30.